The Morgan fingerprint density at radius 2 is 1.34 bits per heavy atom. The van der Waals surface area contributed by atoms with Crippen molar-refractivity contribution in [3.8, 4) is 11.5 Å². The molecule has 0 radical (unpaired) electrons. The van der Waals surface area contributed by atoms with Crippen molar-refractivity contribution in [2.75, 3.05) is 13.7 Å². The van der Waals surface area contributed by atoms with Gasteiger partial charge in [-0.1, -0.05) is 30.3 Å². The molecule has 0 aliphatic carbocycles. The van der Waals surface area contributed by atoms with Crippen LogP contribution in [0.2, 0.25) is 0 Å². The first-order valence-corrected chi connectivity index (χ1v) is 13.2. The van der Waals surface area contributed by atoms with Gasteiger partial charge in [0.15, 0.2) is 11.5 Å². The van der Waals surface area contributed by atoms with E-state index in [1.807, 2.05) is 26.0 Å². The summed E-state index contributed by atoms with van der Waals surface area (Å²) < 4.78 is 90.3. The monoisotopic (exact) mass is 579 g/mol. The van der Waals surface area contributed by atoms with Crippen LogP contribution >= 0.6 is 0 Å². The van der Waals surface area contributed by atoms with E-state index in [9.17, 15) is 31.1 Å². The van der Waals surface area contributed by atoms with Crippen LogP contribution in [-0.4, -0.2) is 25.7 Å². The molecule has 0 aromatic heterocycles. The van der Waals surface area contributed by atoms with Crippen molar-refractivity contribution in [1.29, 1.82) is 0 Å². The topological polar surface area (TPSA) is 47.6 Å². The molecule has 0 spiro atoms. The molecule has 1 atom stereocenters. The van der Waals surface area contributed by atoms with Crippen molar-refractivity contribution in [1.82, 2.24) is 5.32 Å². The van der Waals surface area contributed by atoms with Crippen molar-refractivity contribution >= 4 is 5.91 Å². The minimum Gasteiger partial charge on any atom is -0.493 e. The normalized spacial score (nSPS) is 17.3. The third-order valence-electron chi connectivity index (χ3n) is 7.30. The van der Waals surface area contributed by atoms with Crippen LogP contribution in [0.4, 0.5) is 26.3 Å². The van der Waals surface area contributed by atoms with Gasteiger partial charge in [-0.15, -0.1) is 0 Å². The largest absolute Gasteiger partial charge is 0.493 e. The van der Waals surface area contributed by atoms with E-state index in [2.05, 4.69) is 5.32 Å². The molecule has 1 aliphatic rings. The highest BCUT2D eigenvalue weighted by Gasteiger charge is 2.44. The standard InChI is InChI=1S/C31H31F6NO3/c1-19(2)41-27-14-22(8-13-26(27)40-3)23-17-29(28(39)38-18-23,15-20-4-9-24(10-5-20)30(32,33)34)16-21-6-11-25(12-7-21)31(35,36)37/h4-14,19,23H,15-18H2,1-3H3,(H,38,39). The summed E-state index contributed by atoms with van der Waals surface area (Å²) in [5.74, 6) is 0.578. The zero-order valence-electron chi connectivity index (χ0n) is 22.8. The highest BCUT2D eigenvalue weighted by Crippen LogP contribution is 2.43. The van der Waals surface area contributed by atoms with Gasteiger partial charge < -0.3 is 14.8 Å². The van der Waals surface area contributed by atoms with Crippen molar-refractivity contribution in [2.24, 2.45) is 5.41 Å². The molecule has 1 saturated heterocycles. The number of amides is 1. The number of hydrogen-bond donors (Lipinski definition) is 1. The first-order valence-electron chi connectivity index (χ1n) is 13.2. The number of carbonyl (C=O) groups excluding carboxylic acids is 1. The fraction of sp³-hybridized carbons (Fsp3) is 0.387. The second-order valence-corrected chi connectivity index (χ2v) is 10.7. The average Bonchev–Trinajstić information content (AvgIpc) is 2.89. The molecule has 220 valence electrons. The van der Waals surface area contributed by atoms with Crippen LogP contribution in [0.15, 0.2) is 66.7 Å². The smallest absolute Gasteiger partial charge is 0.416 e. The van der Waals surface area contributed by atoms with Crippen LogP contribution in [0.25, 0.3) is 0 Å². The lowest BCUT2D eigenvalue weighted by Crippen LogP contribution is -2.51. The summed E-state index contributed by atoms with van der Waals surface area (Å²) in [7, 11) is 1.53. The maximum atomic E-state index is 13.6. The molecule has 4 rings (SSSR count). The summed E-state index contributed by atoms with van der Waals surface area (Å²) in [5, 5.41) is 2.95. The van der Waals surface area contributed by atoms with Crippen LogP contribution < -0.4 is 14.8 Å². The number of methoxy groups -OCH3 is 1. The predicted octanol–water partition coefficient (Wildman–Crippen LogP) is 7.60. The van der Waals surface area contributed by atoms with Gasteiger partial charge in [0.2, 0.25) is 5.91 Å². The number of nitrogens with one attached hydrogen (secondary N) is 1. The van der Waals surface area contributed by atoms with Crippen LogP contribution in [0.5, 0.6) is 11.5 Å². The van der Waals surface area contributed by atoms with Gasteiger partial charge in [-0.05, 0) is 86.2 Å². The molecule has 1 amide bonds. The number of carbonyl (C=O) groups is 1. The molecular weight excluding hydrogens is 548 g/mol. The van der Waals surface area contributed by atoms with E-state index in [-0.39, 0.29) is 30.8 Å². The average molecular weight is 580 g/mol. The van der Waals surface area contributed by atoms with Gasteiger partial charge in [0.05, 0.1) is 29.8 Å². The quantitative estimate of drug-likeness (QED) is 0.280. The minimum absolute atomic E-state index is 0.0972. The molecule has 0 bridgehead atoms. The van der Waals surface area contributed by atoms with E-state index in [4.69, 9.17) is 9.47 Å². The first kappa shape index (κ1) is 30.3. The summed E-state index contributed by atoms with van der Waals surface area (Å²) in [6.45, 7) is 4.08. The molecule has 10 heteroatoms. The summed E-state index contributed by atoms with van der Waals surface area (Å²) >= 11 is 0. The highest BCUT2D eigenvalue weighted by molar-refractivity contribution is 5.84. The summed E-state index contributed by atoms with van der Waals surface area (Å²) in [6, 6.07) is 14.8. The molecule has 1 N–H and O–H groups in total. The Balaban J connectivity index is 1.71. The van der Waals surface area contributed by atoms with Gasteiger partial charge in [0.25, 0.3) is 0 Å². The number of piperidine rings is 1. The van der Waals surface area contributed by atoms with Gasteiger partial charge in [0.1, 0.15) is 0 Å². The highest BCUT2D eigenvalue weighted by atomic mass is 19.4. The van der Waals surface area contributed by atoms with Crippen molar-refractivity contribution in [3.05, 3.63) is 94.5 Å². The molecule has 3 aromatic carbocycles. The van der Waals surface area contributed by atoms with E-state index in [0.29, 0.717) is 35.6 Å². The molecule has 3 aromatic rings. The lowest BCUT2D eigenvalue weighted by Gasteiger charge is -2.41. The number of alkyl halides is 6. The number of hydrogen-bond acceptors (Lipinski definition) is 3. The number of rotatable bonds is 8. The van der Waals surface area contributed by atoms with Crippen LogP contribution in [0, 0.1) is 5.41 Å². The Bertz CT molecular complexity index is 1290. The SMILES string of the molecule is COc1ccc(C2CNC(=O)C(Cc3ccc(C(F)(F)F)cc3)(Cc3ccc(C(F)(F)F)cc3)C2)cc1OC(C)C. The van der Waals surface area contributed by atoms with Gasteiger partial charge in [0, 0.05) is 12.5 Å². The van der Waals surface area contributed by atoms with E-state index in [1.54, 1.807) is 6.07 Å². The van der Waals surface area contributed by atoms with Crippen molar-refractivity contribution in [2.45, 2.75) is 57.5 Å². The molecule has 1 heterocycles. The van der Waals surface area contributed by atoms with Crippen molar-refractivity contribution in [3.63, 3.8) is 0 Å². The molecule has 1 unspecified atom stereocenters. The molecule has 4 nitrogen and oxygen atoms in total. The second kappa shape index (κ2) is 11.7. The van der Waals surface area contributed by atoms with Crippen molar-refractivity contribution < 1.29 is 40.6 Å². The Kier molecular flexibility index (Phi) is 8.61. The zero-order chi connectivity index (χ0) is 30.0. The van der Waals surface area contributed by atoms with Gasteiger partial charge in [-0.25, -0.2) is 0 Å². The Labute approximate surface area is 234 Å². The maximum Gasteiger partial charge on any atom is 0.416 e. The van der Waals surface area contributed by atoms with Crippen LogP contribution in [0.3, 0.4) is 0 Å². The Morgan fingerprint density at radius 3 is 1.78 bits per heavy atom. The molecule has 1 aliphatic heterocycles. The maximum absolute atomic E-state index is 13.6. The van der Waals surface area contributed by atoms with E-state index < -0.39 is 28.9 Å². The fourth-order valence-corrected chi connectivity index (χ4v) is 5.34. The first-order chi connectivity index (χ1) is 19.2. The molecular formula is C31H31F6NO3. The minimum atomic E-state index is -4.51. The van der Waals surface area contributed by atoms with Crippen LogP contribution in [-0.2, 0) is 30.0 Å². The van der Waals surface area contributed by atoms with E-state index >= 15 is 0 Å². The third-order valence-corrected chi connectivity index (χ3v) is 7.30. The zero-order valence-corrected chi connectivity index (χ0v) is 22.8. The van der Waals surface area contributed by atoms with Gasteiger partial charge in [-0.3, -0.25) is 4.79 Å². The summed E-state index contributed by atoms with van der Waals surface area (Å²) in [5.41, 5.74) is -0.856. The van der Waals surface area contributed by atoms with E-state index in [0.717, 1.165) is 29.8 Å². The lowest BCUT2D eigenvalue weighted by atomic mass is 9.67. The Hall–Kier alpha value is -3.69. The number of ether oxygens (including phenoxy) is 2. The molecule has 0 saturated carbocycles. The van der Waals surface area contributed by atoms with Crippen LogP contribution in [0.1, 0.15) is 54.0 Å². The second-order valence-electron chi connectivity index (χ2n) is 10.7. The van der Waals surface area contributed by atoms with E-state index in [1.165, 1.54) is 31.4 Å². The lowest BCUT2D eigenvalue weighted by molar-refractivity contribution is -0.138. The molecule has 41 heavy (non-hydrogen) atoms. The number of halogens is 6. The summed E-state index contributed by atoms with van der Waals surface area (Å²) in [4.78, 5) is 13.6. The van der Waals surface area contributed by atoms with Gasteiger partial charge >= 0.3 is 12.4 Å². The number of benzene rings is 3. The predicted molar refractivity (Wildman–Crippen MR) is 142 cm³/mol. The fourth-order valence-electron chi connectivity index (χ4n) is 5.34. The third kappa shape index (κ3) is 7.15. The van der Waals surface area contributed by atoms with Gasteiger partial charge in [-0.2, -0.15) is 26.3 Å². The molecule has 1 fully saturated rings. The Morgan fingerprint density at radius 1 is 0.829 bits per heavy atom. The summed E-state index contributed by atoms with van der Waals surface area (Å²) in [6.07, 6.45) is -8.63.